The Bertz CT molecular complexity index is 835. The maximum absolute atomic E-state index is 13.1. The van der Waals surface area contributed by atoms with Gasteiger partial charge in [0.1, 0.15) is 11.9 Å². The summed E-state index contributed by atoms with van der Waals surface area (Å²) in [6.45, 7) is 0.224. The average Bonchev–Trinajstić information content (AvgIpc) is 3.12. The molecule has 124 valence electrons. The third kappa shape index (κ3) is 2.03. The highest BCUT2D eigenvalue weighted by Gasteiger charge is 2.51. The number of nitrogens with zero attached hydrogens (tertiary/aromatic N) is 2. The molecule has 2 atom stereocenters. The molecule has 1 fully saturated rings. The van der Waals surface area contributed by atoms with Gasteiger partial charge in [0, 0.05) is 9.75 Å². The van der Waals surface area contributed by atoms with Crippen LogP contribution in [0.3, 0.4) is 0 Å². The van der Waals surface area contributed by atoms with Crippen molar-refractivity contribution in [2.45, 2.75) is 12.1 Å². The molecule has 6 nitrogen and oxygen atoms in total. The number of amides is 2. The van der Waals surface area contributed by atoms with Gasteiger partial charge < -0.3 is 9.64 Å². The summed E-state index contributed by atoms with van der Waals surface area (Å²) in [6, 6.07) is 5.88. The fourth-order valence-corrected chi connectivity index (χ4v) is 4.51. The van der Waals surface area contributed by atoms with Crippen molar-refractivity contribution >= 4 is 23.3 Å². The number of methoxy groups -OCH3 is 1. The molecule has 2 amide bonds. The van der Waals surface area contributed by atoms with Crippen LogP contribution < -0.4 is 0 Å². The zero-order valence-corrected chi connectivity index (χ0v) is 13.4. The van der Waals surface area contributed by atoms with Gasteiger partial charge in [-0.2, -0.15) is 5.06 Å². The Kier molecular flexibility index (Phi) is 3.33. The number of halogens is 1. The van der Waals surface area contributed by atoms with Crippen molar-refractivity contribution in [1.82, 2.24) is 9.96 Å². The monoisotopic (exact) mass is 348 g/mol. The predicted molar refractivity (Wildman–Crippen MR) is 82.9 cm³/mol. The van der Waals surface area contributed by atoms with Gasteiger partial charge in [0.2, 0.25) is 0 Å². The molecule has 0 spiro atoms. The van der Waals surface area contributed by atoms with Crippen LogP contribution in [0, 0.1) is 5.82 Å². The van der Waals surface area contributed by atoms with Crippen LogP contribution in [0.1, 0.15) is 22.5 Å². The van der Waals surface area contributed by atoms with E-state index in [9.17, 15) is 19.2 Å². The quantitative estimate of drug-likeness (QED) is 0.669. The number of rotatable bonds is 2. The standard InChI is InChI=1S/C16H13FN2O4S/c1-23-15(20)13-14-10(11-7-18(13)16(21)19(11)22)6-12(24-14)8-2-4-9(17)5-3-8/h2-6,11,13,22H,7H2,1H3/t11-,13+/m1/s1. The van der Waals surface area contributed by atoms with Crippen molar-refractivity contribution in [2.75, 3.05) is 13.7 Å². The summed E-state index contributed by atoms with van der Waals surface area (Å²) in [5.41, 5.74) is 1.53. The van der Waals surface area contributed by atoms with Crippen molar-refractivity contribution in [3.05, 3.63) is 46.6 Å². The number of urea groups is 1. The highest BCUT2D eigenvalue weighted by Crippen LogP contribution is 2.49. The average molecular weight is 348 g/mol. The highest BCUT2D eigenvalue weighted by atomic mass is 32.1. The van der Waals surface area contributed by atoms with Gasteiger partial charge in [0.05, 0.1) is 13.7 Å². The molecule has 0 unspecified atom stereocenters. The minimum atomic E-state index is -0.870. The molecule has 0 aliphatic carbocycles. The third-order valence-electron chi connectivity index (χ3n) is 4.37. The number of fused-ring (bicyclic) bond motifs is 4. The van der Waals surface area contributed by atoms with E-state index in [0.29, 0.717) is 9.94 Å². The number of thiophene rings is 1. The fraction of sp³-hybridized carbons (Fsp3) is 0.250. The number of hydrogen-bond donors (Lipinski definition) is 1. The van der Waals surface area contributed by atoms with Crippen LogP contribution in [0.5, 0.6) is 0 Å². The Morgan fingerprint density at radius 3 is 2.75 bits per heavy atom. The van der Waals surface area contributed by atoms with Crippen LogP contribution in [0.25, 0.3) is 10.4 Å². The fourth-order valence-electron chi connectivity index (χ4n) is 3.19. The zero-order chi connectivity index (χ0) is 17.0. The normalized spacial score (nSPS) is 21.9. The summed E-state index contributed by atoms with van der Waals surface area (Å²) < 4.78 is 18.0. The molecule has 0 radical (unpaired) electrons. The predicted octanol–water partition coefficient (Wildman–Crippen LogP) is 2.95. The van der Waals surface area contributed by atoms with Crippen LogP contribution in [0.2, 0.25) is 0 Å². The minimum absolute atomic E-state index is 0.224. The minimum Gasteiger partial charge on any atom is -0.467 e. The summed E-state index contributed by atoms with van der Waals surface area (Å²) >= 11 is 1.34. The lowest BCUT2D eigenvalue weighted by Gasteiger charge is -2.28. The summed E-state index contributed by atoms with van der Waals surface area (Å²) in [5, 5.41) is 10.7. The Morgan fingerprint density at radius 2 is 2.08 bits per heavy atom. The van der Waals surface area contributed by atoms with E-state index in [-0.39, 0.29) is 12.4 Å². The Balaban J connectivity index is 1.84. The molecule has 24 heavy (non-hydrogen) atoms. The number of hydrogen-bond acceptors (Lipinski definition) is 5. The Labute approximate surface area is 140 Å². The van der Waals surface area contributed by atoms with E-state index in [1.54, 1.807) is 12.1 Å². The molecule has 8 heteroatoms. The molecule has 2 aromatic rings. The van der Waals surface area contributed by atoms with Gasteiger partial charge in [-0.1, -0.05) is 12.1 Å². The van der Waals surface area contributed by atoms with Crippen LogP contribution >= 0.6 is 11.3 Å². The van der Waals surface area contributed by atoms with E-state index in [1.807, 2.05) is 6.07 Å². The van der Waals surface area contributed by atoms with Crippen molar-refractivity contribution in [2.24, 2.45) is 0 Å². The molecular formula is C16H13FN2O4S. The number of esters is 1. The van der Waals surface area contributed by atoms with Gasteiger partial charge in [-0.05, 0) is 29.3 Å². The Morgan fingerprint density at radius 1 is 1.38 bits per heavy atom. The lowest BCUT2D eigenvalue weighted by Crippen LogP contribution is -2.38. The molecule has 2 aliphatic heterocycles. The highest BCUT2D eigenvalue weighted by molar-refractivity contribution is 7.15. The third-order valence-corrected chi connectivity index (χ3v) is 5.62. The van der Waals surface area contributed by atoms with Gasteiger partial charge in [0.15, 0.2) is 6.04 Å². The molecule has 2 aliphatic rings. The van der Waals surface area contributed by atoms with E-state index in [4.69, 9.17) is 4.74 Å². The first-order valence-electron chi connectivity index (χ1n) is 7.27. The second kappa shape index (κ2) is 5.29. The topological polar surface area (TPSA) is 70.1 Å². The van der Waals surface area contributed by atoms with Crippen molar-refractivity contribution in [3.63, 3.8) is 0 Å². The second-order valence-electron chi connectivity index (χ2n) is 5.66. The first-order valence-corrected chi connectivity index (χ1v) is 8.09. The van der Waals surface area contributed by atoms with Crippen LogP contribution in [0.4, 0.5) is 9.18 Å². The zero-order valence-electron chi connectivity index (χ0n) is 12.6. The number of carbonyl (C=O) groups excluding carboxylic acids is 2. The smallest absolute Gasteiger partial charge is 0.345 e. The summed E-state index contributed by atoms with van der Waals surface area (Å²) in [7, 11) is 1.26. The second-order valence-corrected chi connectivity index (χ2v) is 6.74. The molecule has 2 bridgehead atoms. The molecule has 3 heterocycles. The lowest BCUT2D eigenvalue weighted by molar-refractivity contribution is -0.146. The van der Waals surface area contributed by atoms with Gasteiger partial charge in [-0.15, -0.1) is 11.3 Å². The molecule has 1 aromatic heterocycles. The largest absolute Gasteiger partial charge is 0.467 e. The van der Waals surface area contributed by atoms with E-state index in [0.717, 1.165) is 16.0 Å². The summed E-state index contributed by atoms with van der Waals surface area (Å²) in [4.78, 5) is 27.1. The number of benzene rings is 1. The number of ether oxygens (including phenoxy) is 1. The first kappa shape index (κ1) is 15.1. The van der Waals surface area contributed by atoms with Crippen molar-refractivity contribution in [1.29, 1.82) is 0 Å². The maximum atomic E-state index is 13.1. The number of carbonyl (C=O) groups is 2. The van der Waals surface area contributed by atoms with Crippen LogP contribution in [-0.4, -0.2) is 40.8 Å². The SMILES string of the molecule is COC(=O)[C@@H]1c2sc(-c3ccc(F)cc3)cc2[C@H]2CN1C(=O)N2O. The van der Waals surface area contributed by atoms with E-state index < -0.39 is 24.1 Å². The molecule has 1 saturated heterocycles. The molecule has 4 rings (SSSR count). The van der Waals surface area contributed by atoms with Gasteiger partial charge >= 0.3 is 12.0 Å². The molecular weight excluding hydrogens is 335 g/mol. The lowest BCUT2D eigenvalue weighted by atomic mass is 9.98. The number of hydroxylamine groups is 2. The van der Waals surface area contributed by atoms with Crippen molar-refractivity contribution in [3.8, 4) is 10.4 Å². The summed E-state index contributed by atoms with van der Waals surface area (Å²) in [6.07, 6.45) is 0. The molecule has 1 N–H and O–H groups in total. The van der Waals surface area contributed by atoms with Gasteiger partial charge in [-0.25, -0.2) is 14.0 Å². The first-order chi connectivity index (χ1) is 11.5. The molecule has 0 saturated carbocycles. The van der Waals surface area contributed by atoms with E-state index in [2.05, 4.69) is 0 Å². The molecule has 1 aromatic carbocycles. The van der Waals surface area contributed by atoms with Gasteiger partial charge in [-0.3, -0.25) is 5.21 Å². The van der Waals surface area contributed by atoms with Crippen LogP contribution in [-0.2, 0) is 9.53 Å². The van der Waals surface area contributed by atoms with Gasteiger partial charge in [0.25, 0.3) is 0 Å². The van der Waals surface area contributed by atoms with Crippen LogP contribution in [0.15, 0.2) is 30.3 Å². The van der Waals surface area contributed by atoms with E-state index >= 15 is 0 Å². The summed E-state index contributed by atoms with van der Waals surface area (Å²) in [5.74, 6) is -0.879. The Hall–Kier alpha value is -2.45. The van der Waals surface area contributed by atoms with E-state index in [1.165, 1.54) is 35.5 Å². The van der Waals surface area contributed by atoms with Crippen molar-refractivity contribution < 1.29 is 23.9 Å². The maximum Gasteiger partial charge on any atom is 0.345 e.